The molecule has 114 valence electrons. The molecule has 1 unspecified atom stereocenters. The lowest BCUT2D eigenvalue weighted by atomic mass is 10.2. The molecule has 0 saturated heterocycles. The summed E-state index contributed by atoms with van der Waals surface area (Å²) >= 11 is 0. The van der Waals surface area contributed by atoms with Crippen LogP contribution in [0.2, 0.25) is 0 Å². The molecule has 0 spiro atoms. The molecule has 3 rings (SSSR count). The van der Waals surface area contributed by atoms with E-state index in [1.165, 1.54) is 11.0 Å². The zero-order valence-corrected chi connectivity index (χ0v) is 12.0. The number of nitrogens with zero attached hydrogens (tertiary/aromatic N) is 5. The van der Waals surface area contributed by atoms with Gasteiger partial charge >= 0.3 is 0 Å². The van der Waals surface area contributed by atoms with Crippen molar-refractivity contribution in [3.8, 4) is 0 Å². The van der Waals surface area contributed by atoms with E-state index in [-0.39, 0.29) is 11.5 Å². The minimum absolute atomic E-state index is 0.0670. The molecule has 0 fully saturated rings. The Labute approximate surface area is 126 Å². The van der Waals surface area contributed by atoms with E-state index < -0.39 is 11.1 Å². The minimum atomic E-state index is -0.696. The van der Waals surface area contributed by atoms with Crippen molar-refractivity contribution >= 4 is 17.2 Å². The highest BCUT2D eigenvalue weighted by atomic mass is 19.2. The summed E-state index contributed by atoms with van der Waals surface area (Å²) in [6.45, 7) is 3.39. The van der Waals surface area contributed by atoms with Gasteiger partial charge in [-0.05, 0) is 19.9 Å². The van der Waals surface area contributed by atoms with Gasteiger partial charge in [-0.1, -0.05) is 16.6 Å². The normalized spacial score (nSPS) is 17.8. The van der Waals surface area contributed by atoms with Crippen molar-refractivity contribution in [1.82, 2.24) is 14.7 Å². The van der Waals surface area contributed by atoms with Crippen LogP contribution in [-0.4, -0.2) is 25.8 Å². The maximum absolute atomic E-state index is 14.5. The van der Waals surface area contributed by atoms with Crippen LogP contribution in [0.1, 0.15) is 12.7 Å². The lowest BCUT2D eigenvalue weighted by Crippen LogP contribution is -2.33. The van der Waals surface area contributed by atoms with Gasteiger partial charge in [0.05, 0.1) is 11.1 Å². The summed E-state index contributed by atoms with van der Waals surface area (Å²) in [5.74, 6) is 0.895. The summed E-state index contributed by atoms with van der Waals surface area (Å²) in [5.41, 5.74) is 0.276. The first-order valence-corrected chi connectivity index (χ1v) is 6.69. The molecule has 2 heterocycles. The number of anilines is 1. The van der Waals surface area contributed by atoms with Crippen LogP contribution >= 0.6 is 0 Å². The molecule has 0 bridgehead atoms. The van der Waals surface area contributed by atoms with Crippen LogP contribution in [0.15, 0.2) is 42.9 Å². The van der Waals surface area contributed by atoms with Crippen LogP contribution in [-0.2, 0) is 0 Å². The number of hydrogen-bond acceptors (Lipinski definition) is 5. The first-order chi connectivity index (χ1) is 10.5. The molecule has 1 aliphatic rings. The second kappa shape index (κ2) is 5.14. The number of para-hydroxylation sites is 2. The second-order valence-electron chi connectivity index (χ2n) is 4.93. The number of hydrogen-bond donors (Lipinski definition) is 0. The predicted molar refractivity (Wildman–Crippen MR) is 79.2 cm³/mol. The standard InChI is InChI=1S/C14H14FN5O2/c1-10-16-7-8-17(10)14-9-18(11(2)19(14)15)12-5-3-4-6-13(12)20(21)22/h3-9,11H,1-2H3. The number of aryl methyl sites for hydroxylation is 1. The molecule has 1 aliphatic heterocycles. The van der Waals surface area contributed by atoms with Crippen molar-refractivity contribution < 1.29 is 9.40 Å². The summed E-state index contributed by atoms with van der Waals surface area (Å²) < 4.78 is 16.1. The zero-order chi connectivity index (χ0) is 15.9. The largest absolute Gasteiger partial charge is 0.315 e. The summed E-state index contributed by atoms with van der Waals surface area (Å²) in [4.78, 5) is 16.3. The van der Waals surface area contributed by atoms with Gasteiger partial charge in [-0.25, -0.2) is 4.98 Å². The van der Waals surface area contributed by atoms with E-state index in [0.717, 1.165) is 0 Å². The number of halogens is 1. The van der Waals surface area contributed by atoms with Crippen molar-refractivity contribution in [2.75, 3.05) is 4.90 Å². The third-order valence-electron chi connectivity index (χ3n) is 3.63. The predicted octanol–water partition coefficient (Wildman–Crippen LogP) is 2.91. The first kappa shape index (κ1) is 14.1. The van der Waals surface area contributed by atoms with Gasteiger partial charge in [0.15, 0.2) is 5.82 Å². The number of benzene rings is 1. The third kappa shape index (κ3) is 2.09. The smallest absolute Gasteiger partial charge is 0.292 e. The van der Waals surface area contributed by atoms with Crippen LogP contribution in [0, 0.1) is 17.0 Å². The molecular weight excluding hydrogens is 289 g/mol. The average Bonchev–Trinajstić information content (AvgIpc) is 3.04. The molecule has 0 amide bonds. The Kier molecular flexibility index (Phi) is 3.28. The topological polar surface area (TPSA) is 67.4 Å². The summed E-state index contributed by atoms with van der Waals surface area (Å²) in [7, 11) is 0. The maximum Gasteiger partial charge on any atom is 0.292 e. The van der Waals surface area contributed by atoms with E-state index in [9.17, 15) is 14.6 Å². The highest BCUT2D eigenvalue weighted by Crippen LogP contribution is 2.36. The fourth-order valence-corrected chi connectivity index (χ4v) is 2.48. The number of rotatable bonds is 3. The van der Waals surface area contributed by atoms with Crippen LogP contribution in [0.4, 0.5) is 15.9 Å². The maximum atomic E-state index is 14.5. The van der Waals surface area contributed by atoms with E-state index >= 15 is 0 Å². The first-order valence-electron chi connectivity index (χ1n) is 6.69. The number of nitro benzene ring substituents is 1. The molecule has 7 nitrogen and oxygen atoms in total. The Morgan fingerprint density at radius 1 is 1.36 bits per heavy atom. The highest BCUT2D eigenvalue weighted by Gasteiger charge is 2.34. The van der Waals surface area contributed by atoms with E-state index in [2.05, 4.69) is 4.98 Å². The fraction of sp³-hybridized carbons (Fsp3) is 0.214. The van der Waals surface area contributed by atoms with Gasteiger partial charge in [-0.3, -0.25) is 14.7 Å². The monoisotopic (exact) mass is 303 g/mol. The third-order valence-corrected chi connectivity index (χ3v) is 3.63. The molecule has 1 aromatic heterocycles. The van der Waals surface area contributed by atoms with Crippen LogP contribution in [0.25, 0.3) is 5.82 Å². The quantitative estimate of drug-likeness (QED) is 0.495. The molecular formula is C14H14FN5O2. The Morgan fingerprint density at radius 2 is 2.09 bits per heavy atom. The number of imidazole rings is 1. The van der Waals surface area contributed by atoms with Gasteiger partial charge in [-0.2, -0.15) is 5.12 Å². The summed E-state index contributed by atoms with van der Waals surface area (Å²) in [6, 6.07) is 6.27. The van der Waals surface area contributed by atoms with Crippen molar-refractivity contribution in [1.29, 1.82) is 0 Å². The average molecular weight is 303 g/mol. The number of nitro groups is 1. The molecule has 2 aromatic rings. The van der Waals surface area contributed by atoms with Crippen molar-refractivity contribution in [3.63, 3.8) is 0 Å². The van der Waals surface area contributed by atoms with Gasteiger partial charge in [-0.15, -0.1) is 0 Å². The molecule has 8 heteroatoms. The SMILES string of the molecule is Cc1nccn1C1=CN(c2ccccc2[N+](=O)[O-])C(C)N1F. The number of aromatic nitrogens is 2. The molecule has 1 aromatic carbocycles. The van der Waals surface area contributed by atoms with Crippen molar-refractivity contribution in [3.05, 3.63) is 58.8 Å². The fourth-order valence-electron chi connectivity index (χ4n) is 2.48. The summed E-state index contributed by atoms with van der Waals surface area (Å²) in [6.07, 6.45) is 4.06. The second-order valence-corrected chi connectivity index (χ2v) is 4.93. The van der Waals surface area contributed by atoms with Gasteiger partial charge in [0, 0.05) is 18.5 Å². The van der Waals surface area contributed by atoms with E-state index in [1.54, 1.807) is 55.2 Å². The van der Waals surface area contributed by atoms with Crippen LogP contribution in [0.5, 0.6) is 0 Å². The molecule has 1 atom stereocenters. The van der Waals surface area contributed by atoms with E-state index in [0.29, 0.717) is 16.6 Å². The lowest BCUT2D eigenvalue weighted by Gasteiger charge is -2.24. The van der Waals surface area contributed by atoms with Gasteiger partial charge in [0.1, 0.15) is 17.7 Å². The molecule has 0 saturated carbocycles. The van der Waals surface area contributed by atoms with Crippen LogP contribution < -0.4 is 4.90 Å². The van der Waals surface area contributed by atoms with Crippen molar-refractivity contribution in [2.45, 2.75) is 20.0 Å². The Hall–Kier alpha value is -2.90. The van der Waals surface area contributed by atoms with Crippen LogP contribution in [0.3, 0.4) is 0 Å². The molecule has 0 aliphatic carbocycles. The summed E-state index contributed by atoms with van der Waals surface area (Å²) in [5, 5.41) is 11.7. The van der Waals surface area contributed by atoms with Gasteiger partial charge in [0.25, 0.3) is 5.69 Å². The Morgan fingerprint density at radius 3 is 2.73 bits per heavy atom. The van der Waals surface area contributed by atoms with Gasteiger partial charge in [0.2, 0.25) is 0 Å². The highest BCUT2D eigenvalue weighted by molar-refractivity contribution is 5.69. The van der Waals surface area contributed by atoms with Crippen molar-refractivity contribution in [2.24, 2.45) is 0 Å². The van der Waals surface area contributed by atoms with E-state index in [1.807, 2.05) is 0 Å². The lowest BCUT2D eigenvalue weighted by molar-refractivity contribution is -0.384. The minimum Gasteiger partial charge on any atom is -0.315 e. The Bertz CT molecular complexity index is 757. The van der Waals surface area contributed by atoms with E-state index in [4.69, 9.17) is 0 Å². The molecule has 0 radical (unpaired) electrons. The zero-order valence-electron chi connectivity index (χ0n) is 12.0. The molecule has 22 heavy (non-hydrogen) atoms. The Balaban J connectivity index is 2.07. The molecule has 0 N–H and O–H groups in total. The van der Waals surface area contributed by atoms with Gasteiger partial charge < -0.3 is 4.90 Å².